The van der Waals surface area contributed by atoms with Crippen LogP contribution in [0.4, 0.5) is 5.69 Å². The van der Waals surface area contributed by atoms with E-state index in [1.165, 1.54) is 37.7 Å². The first-order valence-electron chi connectivity index (χ1n) is 14.9. The van der Waals surface area contributed by atoms with Crippen molar-refractivity contribution in [2.24, 2.45) is 5.92 Å². The molecule has 4 rings (SSSR count). The van der Waals surface area contributed by atoms with E-state index in [0.29, 0.717) is 17.4 Å². The molecule has 1 aliphatic heterocycles. The number of carbonyl (C=O) groups excluding carboxylic acids is 1. The monoisotopic (exact) mass is 570 g/mol. The lowest BCUT2D eigenvalue weighted by atomic mass is 9.89. The normalized spacial score (nSPS) is 18.2. The summed E-state index contributed by atoms with van der Waals surface area (Å²) in [5.74, 6) is 2.26. The third-order valence-corrected chi connectivity index (χ3v) is 8.60. The smallest absolute Gasteiger partial charge is 0.237 e. The molecule has 40 heavy (non-hydrogen) atoms. The van der Waals surface area contributed by atoms with Crippen molar-refractivity contribution < 1.29 is 17.9 Å². The number of carbonyl (C=O) groups is 1. The maximum atomic E-state index is 13.2. The molecule has 2 aromatic rings. The second kappa shape index (κ2) is 14.8. The zero-order chi connectivity index (χ0) is 28.4. The lowest BCUT2D eigenvalue weighted by Gasteiger charge is -2.39. The molecule has 1 atom stereocenters. The summed E-state index contributed by atoms with van der Waals surface area (Å²) in [5, 5.41) is 3.31. The van der Waals surface area contributed by atoms with Crippen molar-refractivity contribution in [1.29, 1.82) is 0 Å². The molecule has 1 saturated carbocycles. The van der Waals surface area contributed by atoms with E-state index < -0.39 is 10.0 Å². The van der Waals surface area contributed by atoms with Crippen molar-refractivity contribution in [3.05, 3.63) is 54.1 Å². The molecule has 9 heteroatoms. The Hall–Kier alpha value is -2.62. The Morgan fingerprint density at radius 2 is 1.57 bits per heavy atom. The highest BCUT2D eigenvalue weighted by Crippen LogP contribution is 2.25. The third kappa shape index (κ3) is 9.78. The standard InChI is InChI=1S/C31H46N4O4S/c1-3-4-10-30(31(36)32-23-25-8-6-5-7-9-25)35-21-19-34(20-22-35)24-26-11-15-28(16-12-26)39-29-17-13-27(14-18-29)33-40(2,37)38/h11-18,25,30,33H,3-10,19-24H2,1-2H3,(H,32,36). The number of piperazine rings is 1. The fourth-order valence-corrected chi connectivity index (χ4v) is 6.29. The van der Waals surface area contributed by atoms with Crippen LogP contribution in [0.3, 0.4) is 0 Å². The van der Waals surface area contributed by atoms with E-state index in [4.69, 9.17) is 4.74 Å². The Bertz CT molecular complexity index is 1160. The van der Waals surface area contributed by atoms with E-state index >= 15 is 0 Å². The number of nitrogens with zero attached hydrogens (tertiary/aromatic N) is 2. The molecule has 220 valence electrons. The molecular formula is C31H46N4O4S. The second-order valence-electron chi connectivity index (χ2n) is 11.4. The zero-order valence-corrected chi connectivity index (χ0v) is 24.9. The van der Waals surface area contributed by atoms with Gasteiger partial charge in [0.2, 0.25) is 15.9 Å². The predicted octanol–water partition coefficient (Wildman–Crippen LogP) is 5.22. The highest BCUT2D eigenvalue weighted by molar-refractivity contribution is 7.92. The second-order valence-corrected chi connectivity index (χ2v) is 13.1. The molecule has 0 bridgehead atoms. The van der Waals surface area contributed by atoms with Crippen LogP contribution in [-0.4, -0.2) is 69.1 Å². The Morgan fingerprint density at radius 1 is 0.950 bits per heavy atom. The minimum absolute atomic E-state index is 0.0154. The number of anilines is 1. The van der Waals surface area contributed by atoms with Gasteiger partial charge in [-0.2, -0.15) is 0 Å². The van der Waals surface area contributed by atoms with Gasteiger partial charge < -0.3 is 10.1 Å². The van der Waals surface area contributed by atoms with Crippen molar-refractivity contribution in [3.8, 4) is 11.5 Å². The van der Waals surface area contributed by atoms with Gasteiger partial charge in [-0.15, -0.1) is 0 Å². The number of nitrogens with one attached hydrogen (secondary N) is 2. The van der Waals surface area contributed by atoms with Crippen molar-refractivity contribution in [1.82, 2.24) is 15.1 Å². The molecule has 2 N–H and O–H groups in total. The van der Waals surface area contributed by atoms with Crippen molar-refractivity contribution >= 4 is 21.6 Å². The Balaban J connectivity index is 1.23. The minimum atomic E-state index is -3.30. The van der Waals surface area contributed by atoms with Gasteiger partial charge in [0, 0.05) is 45.0 Å². The Labute approximate surface area is 240 Å². The summed E-state index contributed by atoms with van der Waals surface area (Å²) in [6.45, 7) is 7.63. The Kier molecular flexibility index (Phi) is 11.3. The van der Waals surface area contributed by atoms with Gasteiger partial charge in [0.25, 0.3) is 0 Å². The summed E-state index contributed by atoms with van der Waals surface area (Å²) in [4.78, 5) is 18.0. The average Bonchev–Trinajstić information content (AvgIpc) is 2.95. The van der Waals surface area contributed by atoms with Crippen LogP contribution in [-0.2, 0) is 21.4 Å². The van der Waals surface area contributed by atoms with Crippen LogP contribution >= 0.6 is 0 Å². The van der Waals surface area contributed by atoms with Crippen LogP contribution in [0, 0.1) is 5.92 Å². The first kappa shape index (κ1) is 30.3. The largest absolute Gasteiger partial charge is 0.457 e. The number of amides is 1. The fourth-order valence-electron chi connectivity index (χ4n) is 5.73. The molecule has 0 aromatic heterocycles. The lowest BCUT2D eigenvalue weighted by Crippen LogP contribution is -2.55. The molecule has 1 heterocycles. The lowest BCUT2D eigenvalue weighted by molar-refractivity contribution is -0.127. The van der Waals surface area contributed by atoms with Crippen molar-refractivity contribution in [2.45, 2.75) is 70.9 Å². The zero-order valence-electron chi connectivity index (χ0n) is 24.1. The first-order chi connectivity index (χ1) is 19.3. The molecule has 2 aliphatic rings. The summed E-state index contributed by atoms with van der Waals surface area (Å²) in [6.07, 6.45) is 10.7. The van der Waals surface area contributed by atoms with E-state index in [-0.39, 0.29) is 11.9 Å². The molecule has 0 spiro atoms. The SMILES string of the molecule is CCCCC(C(=O)NCC1CCCCC1)N1CCN(Cc2ccc(Oc3ccc(NS(C)(=O)=O)cc3)cc2)CC1. The molecule has 2 fully saturated rings. The summed E-state index contributed by atoms with van der Waals surface area (Å²) >= 11 is 0. The predicted molar refractivity (Wildman–Crippen MR) is 161 cm³/mol. The molecule has 1 unspecified atom stereocenters. The number of ether oxygens (including phenoxy) is 1. The minimum Gasteiger partial charge on any atom is -0.457 e. The maximum Gasteiger partial charge on any atom is 0.237 e. The van der Waals surface area contributed by atoms with Gasteiger partial charge in [0.05, 0.1) is 12.3 Å². The quantitative estimate of drug-likeness (QED) is 0.343. The number of rotatable bonds is 13. The van der Waals surface area contributed by atoms with E-state index in [1.54, 1.807) is 24.3 Å². The average molecular weight is 571 g/mol. The number of unbranched alkanes of at least 4 members (excludes halogenated alkanes) is 1. The van der Waals surface area contributed by atoms with E-state index in [0.717, 1.165) is 70.5 Å². The van der Waals surface area contributed by atoms with Gasteiger partial charge in [-0.1, -0.05) is 51.2 Å². The van der Waals surface area contributed by atoms with Gasteiger partial charge in [-0.3, -0.25) is 19.3 Å². The van der Waals surface area contributed by atoms with Crippen LogP contribution in [0.1, 0.15) is 63.9 Å². The topological polar surface area (TPSA) is 91.0 Å². The van der Waals surface area contributed by atoms with E-state index in [2.05, 4.69) is 38.9 Å². The molecule has 1 saturated heterocycles. The molecule has 2 aromatic carbocycles. The van der Waals surface area contributed by atoms with Gasteiger partial charge in [-0.25, -0.2) is 8.42 Å². The van der Waals surface area contributed by atoms with E-state index in [1.807, 2.05) is 12.1 Å². The van der Waals surface area contributed by atoms with Crippen LogP contribution in [0.15, 0.2) is 48.5 Å². The number of benzene rings is 2. The summed E-state index contributed by atoms with van der Waals surface area (Å²) < 4.78 is 31.1. The van der Waals surface area contributed by atoms with Crippen LogP contribution in [0.2, 0.25) is 0 Å². The third-order valence-electron chi connectivity index (χ3n) is 7.99. The summed E-state index contributed by atoms with van der Waals surface area (Å²) in [7, 11) is -3.30. The first-order valence-corrected chi connectivity index (χ1v) is 16.8. The summed E-state index contributed by atoms with van der Waals surface area (Å²) in [5.41, 5.74) is 1.73. The van der Waals surface area contributed by atoms with Gasteiger partial charge in [-0.05, 0) is 67.1 Å². The van der Waals surface area contributed by atoms with Gasteiger partial charge in [0.15, 0.2) is 0 Å². The van der Waals surface area contributed by atoms with E-state index in [9.17, 15) is 13.2 Å². The number of sulfonamides is 1. The fraction of sp³-hybridized carbons (Fsp3) is 0.581. The molecule has 8 nitrogen and oxygen atoms in total. The molecule has 1 amide bonds. The number of hydrogen-bond acceptors (Lipinski definition) is 6. The van der Waals surface area contributed by atoms with Gasteiger partial charge in [0.1, 0.15) is 11.5 Å². The summed E-state index contributed by atoms with van der Waals surface area (Å²) in [6, 6.07) is 14.9. The van der Waals surface area contributed by atoms with Crippen LogP contribution in [0.25, 0.3) is 0 Å². The number of hydrogen-bond donors (Lipinski definition) is 2. The van der Waals surface area contributed by atoms with Crippen molar-refractivity contribution in [2.75, 3.05) is 43.7 Å². The maximum absolute atomic E-state index is 13.2. The molecular weight excluding hydrogens is 524 g/mol. The van der Waals surface area contributed by atoms with Gasteiger partial charge >= 0.3 is 0 Å². The highest BCUT2D eigenvalue weighted by atomic mass is 32.2. The molecule has 1 aliphatic carbocycles. The van der Waals surface area contributed by atoms with Crippen LogP contribution < -0.4 is 14.8 Å². The van der Waals surface area contributed by atoms with Crippen LogP contribution in [0.5, 0.6) is 11.5 Å². The highest BCUT2D eigenvalue weighted by Gasteiger charge is 2.29. The molecule has 0 radical (unpaired) electrons. The Morgan fingerprint density at radius 3 is 2.17 bits per heavy atom. The van der Waals surface area contributed by atoms with Crippen molar-refractivity contribution in [3.63, 3.8) is 0 Å².